The SMILES string of the molecule is CCCC1Cc2cnc(C)nc2C1. The molecule has 0 N–H and O–H groups in total. The Kier molecular flexibility index (Phi) is 2.30. The van der Waals surface area contributed by atoms with Gasteiger partial charge in [-0.15, -0.1) is 0 Å². The number of hydrogen-bond donors (Lipinski definition) is 0. The molecule has 2 nitrogen and oxygen atoms in total. The highest BCUT2D eigenvalue weighted by atomic mass is 14.9. The van der Waals surface area contributed by atoms with E-state index in [1.165, 1.54) is 36.9 Å². The van der Waals surface area contributed by atoms with Crippen molar-refractivity contribution in [3.8, 4) is 0 Å². The van der Waals surface area contributed by atoms with Gasteiger partial charge in [0.15, 0.2) is 0 Å². The van der Waals surface area contributed by atoms with E-state index in [1.54, 1.807) is 0 Å². The van der Waals surface area contributed by atoms with Crippen molar-refractivity contribution >= 4 is 0 Å². The molecule has 0 bridgehead atoms. The molecule has 0 radical (unpaired) electrons. The second-order valence-corrected chi connectivity index (χ2v) is 3.95. The topological polar surface area (TPSA) is 25.8 Å². The maximum Gasteiger partial charge on any atom is 0.125 e. The molecular weight excluding hydrogens is 160 g/mol. The zero-order chi connectivity index (χ0) is 9.26. The van der Waals surface area contributed by atoms with E-state index in [-0.39, 0.29) is 0 Å². The molecule has 0 amide bonds. The molecule has 70 valence electrons. The number of aryl methyl sites for hydroxylation is 1. The third-order valence-electron chi connectivity index (χ3n) is 2.76. The minimum Gasteiger partial charge on any atom is -0.241 e. The summed E-state index contributed by atoms with van der Waals surface area (Å²) >= 11 is 0. The molecule has 1 aromatic heterocycles. The Hall–Kier alpha value is -0.920. The molecule has 2 heteroatoms. The smallest absolute Gasteiger partial charge is 0.125 e. The standard InChI is InChI=1S/C11H16N2/c1-3-4-9-5-10-7-12-8(2)13-11(10)6-9/h7,9H,3-6H2,1-2H3. The zero-order valence-electron chi connectivity index (χ0n) is 8.38. The molecule has 0 saturated carbocycles. The predicted octanol–water partition coefficient (Wildman–Crippen LogP) is 2.30. The van der Waals surface area contributed by atoms with Crippen LogP contribution in [0.1, 0.15) is 36.8 Å². The fourth-order valence-electron chi connectivity index (χ4n) is 2.16. The Morgan fingerprint density at radius 3 is 3.08 bits per heavy atom. The average Bonchev–Trinajstić information content (AvgIpc) is 2.46. The largest absolute Gasteiger partial charge is 0.241 e. The normalized spacial score (nSPS) is 20.3. The van der Waals surface area contributed by atoms with Crippen molar-refractivity contribution in [1.29, 1.82) is 0 Å². The first-order valence-electron chi connectivity index (χ1n) is 5.11. The summed E-state index contributed by atoms with van der Waals surface area (Å²) in [6, 6.07) is 0. The van der Waals surface area contributed by atoms with E-state index in [1.807, 2.05) is 13.1 Å². The fourth-order valence-corrected chi connectivity index (χ4v) is 2.16. The Balaban J connectivity index is 2.16. The summed E-state index contributed by atoms with van der Waals surface area (Å²) in [5, 5.41) is 0. The lowest BCUT2D eigenvalue weighted by Crippen LogP contribution is -1.98. The highest BCUT2D eigenvalue weighted by Gasteiger charge is 2.21. The van der Waals surface area contributed by atoms with Crippen molar-refractivity contribution in [1.82, 2.24) is 9.97 Å². The van der Waals surface area contributed by atoms with E-state index < -0.39 is 0 Å². The van der Waals surface area contributed by atoms with E-state index in [2.05, 4.69) is 16.9 Å². The number of rotatable bonds is 2. The van der Waals surface area contributed by atoms with E-state index in [0.717, 1.165) is 11.7 Å². The number of fused-ring (bicyclic) bond motifs is 1. The van der Waals surface area contributed by atoms with Crippen molar-refractivity contribution in [2.75, 3.05) is 0 Å². The minimum atomic E-state index is 0.830. The quantitative estimate of drug-likeness (QED) is 0.691. The molecule has 1 unspecified atom stereocenters. The summed E-state index contributed by atoms with van der Waals surface area (Å²) in [6.07, 6.45) is 6.99. The number of hydrogen-bond acceptors (Lipinski definition) is 2. The molecule has 0 fully saturated rings. The average molecular weight is 176 g/mol. The Morgan fingerprint density at radius 2 is 2.31 bits per heavy atom. The van der Waals surface area contributed by atoms with Gasteiger partial charge >= 0.3 is 0 Å². The third-order valence-corrected chi connectivity index (χ3v) is 2.76. The van der Waals surface area contributed by atoms with Gasteiger partial charge in [0.1, 0.15) is 5.82 Å². The lowest BCUT2D eigenvalue weighted by atomic mass is 10.0. The van der Waals surface area contributed by atoms with Crippen LogP contribution in [0.15, 0.2) is 6.20 Å². The first-order chi connectivity index (χ1) is 6.29. The van der Waals surface area contributed by atoms with Gasteiger partial charge in [-0.25, -0.2) is 9.97 Å². The lowest BCUT2D eigenvalue weighted by molar-refractivity contribution is 0.504. The second kappa shape index (κ2) is 3.44. The molecule has 13 heavy (non-hydrogen) atoms. The molecule has 1 aliphatic rings. The van der Waals surface area contributed by atoms with Gasteiger partial charge in [0.05, 0.1) is 0 Å². The van der Waals surface area contributed by atoms with Gasteiger partial charge in [-0.1, -0.05) is 19.8 Å². The van der Waals surface area contributed by atoms with Gasteiger partial charge in [-0.3, -0.25) is 0 Å². The molecule has 1 atom stereocenters. The number of nitrogens with zero attached hydrogens (tertiary/aromatic N) is 2. The third kappa shape index (κ3) is 1.71. The summed E-state index contributed by atoms with van der Waals surface area (Å²) in [4.78, 5) is 8.71. The van der Waals surface area contributed by atoms with Crippen molar-refractivity contribution in [3.05, 3.63) is 23.3 Å². The predicted molar refractivity (Wildman–Crippen MR) is 52.6 cm³/mol. The van der Waals surface area contributed by atoms with Crippen molar-refractivity contribution < 1.29 is 0 Å². The van der Waals surface area contributed by atoms with Crippen molar-refractivity contribution in [3.63, 3.8) is 0 Å². The summed E-state index contributed by atoms with van der Waals surface area (Å²) in [5.41, 5.74) is 2.68. The van der Waals surface area contributed by atoms with Crippen LogP contribution in [0.3, 0.4) is 0 Å². The Labute approximate surface area is 79.4 Å². The molecular formula is C11H16N2. The van der Waals surface area contributed by atoms with E-state index in [9.17, 15) is 0 Å². The molecule has 0 aliphatic heterocycles. The second-order valence-electron chi connectivity index (χ2n) is 3.95. The van der Waals surface area contributed by atoms with E-state index in [0.29, 0.717) is 0 Å². The van der Waals surface area contributed by atoms with Gasteiger partial charge in [0.25, 0.3) is 0 Å². The summed E-state index contributed by atoms with van der Waals surface area (Å²) in [5.74, 6) is 1.74. The van der Waals surface area contributed by atoms with Crippen LogP contribution in [0.4, 0.5) is 0 Å². The van der Waals surface area contributed by atoms with Gasteiger partial charge in [-0.2, -0.15) is 0 Å². The monoisotopic (exact) mass is 176 g/mol. The molecule has 0 aromatic carbocycles. The molecule has 0 spiro atoms. The Morgan fingerprint density at radius 1 is 1.46 bits per heavy atom. The van der Waals surface area contributed by atoms with Crippen molar-refractivity contribution in [2.45, 2.75) is 39.5 Å². The molecule has 1 heterocycles. The fraction of sp³-hybridized carbons (Fsp3) is 0.636. The van der Waals surface area contributed by atoms with Crippen LogP contribution in [-0.4, -0.2) is 9.97 Å². The summed E-state index contributed by atoms with van der Waals surface area (Å²) in [7, 11) is 0. The van der Waals surface area contributed by atoms with Crippen LogP contribution < -0.4 is 0 Å². The maximum absolute atomic E-state index is 4.48. The molecule has 2 rings (SSSR count). The summed E-state index contributed by atoms with van der Waals surface area (Å²) in [6.45, 7) is 4.22. The molecule has 1 aromatic rings. The van der Waals surface area contributed by atoms with Crippen molar-refractivity contribution in [2.24, 2.45) is 5.92 Å². The lowest BCUT2D eigenvalue weighted by Gasteiger charge is -2.03. The first kappa shape index (κ1) is 8.67. The van der Waals surface area contributed by atoms with Crippen LogP contribution >= 0.6 is 0 Å². The van der Waals surface area contributed by atoms with Crippen LogP contribution in [0, 0.1) is 12.8 Å². The van der Waals surface area contributed by atoms with Gasteiger partial charge in [0, 0.05) is 11.9 Å². The van der Waals surface area contributed by atoms with Gasteiger partial charge in [-0.05, 0) is 31.2 Å². The molecule has 0 saturated heterocycles. The zero-order valence-corrected chi connectivity index (χ0v) is 8.38. The highest BCUT2D eigenvalue weighted by Crippen LogP contribution is 2.27. The summed E-state index contributed by atoms with van der Waals surface area (Å²) < 4.78 is 0. The highest BCUT2D eigenvalue weighted by molar-refractivity contribution is 5.23. The maximum atomic E-state index is 4.48. The van der Waals surface area contributed by atoms with Crippen LogP contribution in [0.5, 0.6) is 0 Å². The van der Waals surface area contributed by atoms with Crippen LogP contribution in [0.2, 0.25) is 0 Å². The Bertz CT molecular complexity index is 307. The first-order valence-corrected chi connectivity index (χ1v) is 5.11. The minimum absolute atomic E-state index is 0.830. The van der Waals surface area contributed by atoms with Gasteiger partial charge < -0.3 is 0 Å². The van der Waals surface area contributed by atoms with E-state index in [4.69, 9.17) is 0 Å². The molecule has 1 aliphatic carbocycles. The number of aromatic nitrogens is 2. The van der Waals surface area contributed by atoms with Gasteiger partial charge in [0.2, 0.25) is 0 Å². The van der Waals surface area contributed by atoms with E-state index >= 15 is 0 Å². The van der Waals surface area contributed by atoms with Crippen LogP contribution in [0.25, 0.3) is 0 Å². The van der Waals surface area contributed by atoms with Crippen LogP contribution in [-0.2, 0) is 12.8 Å².